The fourth-order valence-electron chi connectivity index (χ4n) is 5.96. The SMILES string of the molecule is C[C@@H](Sc1nnc(C2CC2)n1C)C(=O)NC12CC3CC(CC(C3)C1)C2. The summed E-state index contributed by atoms with van der Waals surface area (Å²) in [6, 6.07) is 0. The lowest BCUT2D eigenvalue weighted by Gasteiger charge is -2.57. The Labute approximate surface area is 153 Å². The predicted octanol–water partition coefficient (Wildman–Crippen LogP) is 3.26. The van der Waals surface area contributed by atoms with Crippen molar-refractivity contribution in [2.75, 3.05) is 0 Å². The van der Waals surface area contributed by atoms with E-state index in [1.165, 1.54) is 51.4 Å². The standard InChI is InChI=1S/C19H28N4OS/c1-11(25-18-22-21-16(23(18)2)15-3-4-15)17(24)20-19-8-12-5-13(9-19)7-14(6-12)10-19/h11-15H,3-10H2,1-2H3,(H,20,24)/t11-,12?,13?,14?,19?/m1/s1. The van der Waals surface area contributed by atoms with Crippen LogP contribution in [-0.2, 0) is 11.8 Å². The lowest BCUT2D eigenvalue weighted by molar-refractivity contribution is -0.126. The lowest BCUT2D eigenvalue weighted by Crippen LogP contribution is -2.60. The minimum atomic E-state index is -0.122. The highest BCUT2D eigenvalue weighted by atomic mass is 32.2. The molecule has 5 aliphatic rings. The molecule has 5 saturated carbocycles. The van der Waals surface area contributed by atoms with E-state index in [2.05, 4.69) is 20.1 Å². The number of carbonyl (C=O) groups excluding carboxylic acids is 1. The molecule has 25 heavy (non-hydrogen) atoms. The summed E-state index contributed by atoms with van der Waals surface area (Å²) < 4.78 is 2.08. The van der Waals surface area contributed by atoms with Crippen LogP contribution in [0.1, 0.15) is 70.0 Å². The lowest BCUT2D eigenvalue weighted by atomic mass is 9.53. The first-order chi connectivity index (χ1) is 12.0. The Balaban J connectivity index is 1.25. The smallest absolute Gasteiger partial charge is 0.233 e. The zero-order valence-electron chi connectivity index (χ0n) is 15.2. The Hall–Kier alpha value is -1.04. The fourth-order valence-corrected chi connectivity index (χ4v) is 6.79. The summed E-state index contributed by atoms with van der Waals surface area (Å²) >= 11 is 1.55. The third kappa shape index (κ3) is 2.90. The molecule has 1 amide bonds. The zero-order valence-corrected chi connectivity index (χ0v) is 16.0. The van der Waals surface area contributed by atoms with Crippen LogP contribution < -0.4 is 5.32 Å². The molecule has 6 heteroatoms. The fraction of sp³-hybridized carbons (Fsp3) is 0.842. The van der Waals surface area contributed by atoms with E-state index >= 15 is 0 Å². The van der Waals surface area contributed by atoms with Crippen molar-refractivity contribution < 1.29 is 4.79 Å². The highest BCUT2D eigenvalue weighted by molar-refractivity contribution is 8.00. The average Bonchev–Trinajstić information content (AvgIpc) is 3.31. The van der Waals surface area contributed by atoms with Crippen LogP contribution in [0.3, 0.4) is 0 Å². The molecule has 1 aromatic rings. The Kier molecular flexibility index (Phi) is 3.70. The number of hydrogen-bond acceptors (Lipinski definition) is 4. The molecular formula is C19H28N4OS. The average molecular weight is 361 g/mol. The molecular weight excluding hydrogens is 332 g/mol. The molecule has 1 aromatic heterocycles. The first kappa shape index (κ1) is 16.2. The first-order valence-corrected chi connectivity index (χ1v) is 10.8. The van der Waals surface area contributed by atoms with Crippen molar-refractivity contribution in [3.63, 3.8) is 0 Å². The molecule has 1 heterocycles. The van der Waals surface area contributed by atoms with E-state index in [9.17, 15) is 4.79 Å². The largest absolute Gasteiger partial charge is 0.350 e. The Bertz CT molecular complexity index is 660. The maximum atomic E-state index is 12.9. The van der Waals surface area contributed by atoms with Crippen LogP contribution in [-0.4, -0.2) is 31.5 Å². The zero-order chi connectivity index (χ0) is 17.2. The number of hydrogen-bond donors (Lipinski definition) is 1. The Morgan fingerprint density at radius 3 is 2.32 bits per heavy atom. The van der Waals surface area contributed by atoms with Gasteiger partial charge >= 0.3 is 0 Å². The molecule has 1 atom stereocenters. The predicted molar refractivity (Wildman–Crippen MR) is 97.3 cm³/mol. The van der Waals surface area contributed by atoms with Gasteiger partial charge in [-0.3, -0.25) is 4.79 Å². The van der Waals surface area contributed by atoms with Gasteiger partial charge in [-0.2, -0.15) is 0 Å². The highest BCUT2D eigenvalue weighted by Gasteiger charge is 2.51. The summed E-state index contributed by atoms with van der Waals surface area (Å²) in [5.41, 5.74) is 0.0969. The van der Waals surface area contributed by atoms with Crippen molar-refractivity contribution in [2.45, 2.75) is 80.2 Å². The van der Waals surface area contributed by atoms with Gasteiger partial charge in [0, 0.05) is 18.5 Å². The molecule has 1 N–H and O–H groups in total. The molecule has 0 radical (unpaired) electrons. The topological polar surface area (TPSA) is 59.8 Å². The van der Waals surface area contributed by atoms with E-state index in [1.54, 1.807) is 11.8 Å². The molecule has 0 spiro atoms. The Morgan fingerprint density at radius 1 is 1.16 bits per heavy atom. The monoisotopic (exact) mass is 360 g/mol. The van der Waals surface area contributed by atoms with E-state index in [0.29, 0.717) is 5.92 Å². The number of nitrogens with zero attached hydrogens (tertiary/aromatic N) is 3. The molecule has 136 valence electrons. The number of nitrogens with one attached hydrogen (secondary N) is 1. The minimum Gasteiger partial charge on any atom is -0.350 e. The molecule has 0 aromatic carbocycles. The molecule has 0 aliphatic heterocycles. The van der Waals surface area contributed by atoms with Crippen molar-refractivity contribution in [1.82, 2.24) is 20.1 Å². The molecule has 5 nitrogen and oxygen atoms in total. The quantitative estimate of drug-likeness (QED) is 0.819. The van der Waals surface area contributed by atoms with E-state index in [1.807, 2.05) is 14.0 Å². The number of aromatic nitrogens is 3. The highest BCUT2D eigenvalue weighted by Crippen LogP contribution is 2.55. The normalized spacial score (nSPS) is 37.3. The van der Waals surface area contributed by atoms with E-state index in [-0.39, 0.29) is 16.7 Å². The van der Waals surface area contributed by atoms with Crippen LogP contribution in [0.25, 0.3) is 0 Å². The summed E-state index contributed by atoms with van der Waals surface area (Å²) in [6.45, 7) is 2.01. The van der Waals surface area contributed by atoms with Gasteiger partial charge in [-0.05, 0) is 76.0 Å². The maximum absolute atomic E-state index is 12.9. The summed E-state index contributed by atoms with van der Waals surface area (Å²) in [4.78, 5) is 12.9. The number of carbonyl (C=O) groups is 1. The number of rotatable bonds is 5. The first-order valence-electron chi connectivity index (χ1n) is 9.89. The van der Waals surface area contributed by atoms with Crippen LogP contribution in [0, 0.1) is 17.8 Å². The summed E-state index contributed by atoms with van der Waals surface area (Å²) in [6.07, 6.45) is 10.3. The maximum Gasteiger partial charge on any atom is 0.233 e. The molecule has 4 bridgehead atoms. The summed E-state index contributed by atoms with van der Waals surface area (Å²) in [5.74, 6) is 4.42. The number of thioether (sulfide) groups is 1. The molecule has 6 rings (SSSR count). The van der Waals surface area contributed by atoms with Crippen molar-refractivity contribution in [2.24, 2.45) is 24.8 Å². The van der Waals surface area contributed by atoms with Crippen LogP contribution in [0.4, 0.5) is 0 Å². The second-order valence-corrected chi connectivity index (χ2v) is 10.4. The van der Waals surface area contributed by atoms with Gasteiger partial charge in [0.2, 0.25) is 5.91 Å². The molecule has 0 saturated heterocycles. The molecule has 5 aliphatic carbocycles. The van der Waals surface area contributed by atoms with Crippen LogP contribution in [0.5, 0.6) is 0 Å². The third-order valence-corrected chi connectivity index (χ3v) is 8.02. The third-order valence-electron chi connectivity index (χ3n) is 6.89. The number of amides is 1. The van der Waals surface area contributed by atoms with Crippen LogP contribution in [0.15, 0.2) is 5.16 Å². The summed E-state index contributed by atoms with van der Waals surface area (Å²) in [7, 11) is 2.03. The summed E-state index contributed by atoms with van der Waals surface area (Å²) in [5, 5.41) is 12.9. The van der Waals surface area contributed by atoms with Crippen LogP contribution >= 0.6 is 11.8 Å². The second kappa shape index (κ2) is 5.73. The minimum absolute atomic E-state index is 0.0969. The van der Waals surface area contributed by atoms with Crippen molar-refractivity contribution >= 4 is 17.7 Å². The Morgan fingerprint density at radius 2 is 1.76 bits per heavy atom. The van der Waals surface area contributed by atoms with Gasteiger partial charge in [0.1, 0.15) is 5.82 Å². The van der Waals surface area contributed by atoms with Gasteiger partial charge in [-0.15, -0.1) is 10.2 Å². The van der Waals surface area contributed by atoms with Gasteiger partial charge in [0.25, 0.3) is 0 Å². The van der Waals surface area contributed by atoms with Gasteiger partial charge in [0.15, 0.2) is 5.16 Å². The molecule has 0 unspecified atom stereocenters. The van der Waals surface area contributed by atoms with Gasteiger partial charge in [-0.25, -0.2) is 0 Å². The van der Waals surface area contributed by atoms with Gasteiger partial charge < -0.3 is 9.88 Å². The van der Waals surface area contributed by atoms with Gasteiger partial charge in [-0.1, -0.05) is 11.8 Å². The van der Waals surface area contributed by atoms with Gasteiger partial charge in [0.05, 0.1) is 5.25 Å². The van der Waals surface area contributed by atoms with Crippen molar-refractivity contribution in [1.29, 1.82) is 0 Å². The molecule has 5 fully saturated rings. The van der Waals surface area contributed by atoms with E-state index in [4.69, 9.17) is 0 Å². The van der Waals surface area contributed by atoms with E-state index < -0.39 is 0 Å². The van der Waals surface area contributed by atoms with E-state index in [0.717, 1.165) is 28.7 Å². The van der Waals surface area contributed by atoms with Crippen molar-refractivity contribution in [3.05, 3.63) is 5.82 Å². The van der Waals surface area contributed by atoms with Crippen molar-refractivity contribution in [3.8, 4) is 0 Å². The van der Waals surface area contributed by atoms with Crippen LogP contribution in [0.2, 0.25) is 0 Å². The second-order valence-electron chi connectivity index (χ2n) is 9.12.